The van der Waals surface area contributed by atoms with E-state index in [4.69, 9.17) is 0 Å². The van der Waals surface area contributed by atoms with Crippen LogP contribution in [0.1, 0.15) is 31.5 Å². The number of imidazole rings is 1. The van der Waals surface area contributed by atoms with Crippen LogP contribution in [0.15, 0.2) is 36.7 Å². The average Bonchev–Trinajstić information content (AvgIpc) is 3.38. The van der Waals surface area contributed by atoms with E-state index in [2.05, 4.69) is 31.9 Å². The van der Waals surface area contributed by atoms with Gasteiger partial charge in [-0.1, -0.05) is 0 Å². The number of nitrogens with zero attached hydrogens (tertiary/aromatic N) is 7. The first-order chi connectivity index (χ1) is 13.6. The number of carbonyl (C=O) groups excluding carboxylic acids is 1. The molecule has 3 heterocycles. The highest BCUT2D eigenvalue weighted by Crippen LogP contribution is 2.27. The quantitative estimate of drug-likeness (QED) is 0.674. The summed E-state index contributed by atoms with van der Waals surface area (Å²) in [7, 11) is 0. The summed E-state index contributed by atoms with van der Waals surface area (Å²) in [5, 5.41) is 12.1. The fourth-order valence-electron chi connectivity index (χ4n) is 3.58. The first kappa shape index (κ1) is 18.3. The van der Waals surface area contributed by atoms with Crippen LogP contribution in [0.4, 0.5) is 4.39 Å². The van der Waals surface area contributed by atoms with Gasteiger partial charge in [0.1, 0.15) is 18.2 Å². The van der Waals surface area contributed by atoms with Crippen LogP contribution in [0.3, 0.4) is 0 Å². The van der Waals surface area contributed by atoms with Gasteiger partial charge >= 0.3 is 0 Å². The number of hydrogen-bond acceptors (Lipinski definition) is 5. The highest BCUT2D eigenvalue weighted by molar-refractivity contribution is 5.75. The first-order valence-electron chi connectivity index (χ1n) is 9.46. The summed E-state index contributed by atoms with van der Waals surface area (Å²) in [6.07, 6.45) is 5.64. The monoisotopic (exact) mass is 383 g/mol. The molecule has 1 amide bonds. The van der Waals surface area contributed by atoms with Gasteiger partial charge in [-0.3, -0.25) is 4.79 Å². The minimum Gasteiger partial charge on any atom is -0.341 e. The summed E-state index contributed by atoms with van der Waals surface area (Å²) in [6, 6.07) is 5.86. The van der Waals surface area contributed by atoms with E-state index in [1.165, 1.54) is 16.9 Å². The highest BCUT2D eigenvalue weighted by Gasteiger charge is 2.26. The molecule has 0 spiro atoms. The van der Waals surface area contributed by atoms with E-state index in [0.717, 1.165) is 25.2 Å². The predicted octanol–water partition coefficient (Wildman–Crippen LogP) is 2.10. The molecule has 28 heavy (non-hydrogen) atoms. The molecule has 1 aliphatic heterocycles. The van der Waals surface area contributed by atoms with Crippen LogP contribution in [0.2, 0.25) is 0 Å². The van der Waals surface area contributed by atoms with Crippen molar-refractivity contribution >= 4 is 5.91 Å². The molecule has 0 unspecified atom stereocenters. The Bertz CT molecular complexity index is 941. The first-order valence-corrected chi connectivity index (χ1v) is 9.46. The molecule has 8 nitrogen and oxygen atoms in total. The molecule has 2 aromatic heterocycles. The van der Waals surface area contributed by atoms with Gasteiger partial charge in [0.05, 0.1) is 0 Å². The molecule has 1 fully saturated rings. The second kappa shape index (κ2) is 7.87. The number of benzene rings is 1. The van der Waals surface area contributed by atoms with Crippen LogP contribution in [-0.4, -0.2) is 53.7 Å². The van der Waals surface area contributed by atoms with E-state index in [-0.39, 0.29) is 18.3 Å². The van der Waals surface area contributed by atoms with Gasteiger partial charge in [-0.15, -0.1) is 10.2 Å². The number of carbonyl (C=O) groups is 1. The molecule has 9 heteroatoms. The molecule has 0 radical (unpaired) electrons. The molecular weight excluding hydrogens is 361 g/mol. The lowest BCUT2D eigenvalue weighted by molar-refractivity contribution is -0.133. The Balaban J connectivity index is 1.34. The number of hydrogen-bond donors (Lipinski definition) is 0. The fourth-order valence-corrected chi connectivity index (χ4v) is 3.58. The third-order valence-corrected chi connectivity index (χ3v) is 5.13. The van der Waals surface area contributed by atoms with E-state index in [1.807, 2.05) is 17.3 Å². The van der Waals surface area contributed by atoms with Gasteiger partial charge in [-0.2, -0.15) is 4.80 Å². The van der Waals surface area contributed by atoms with Gasteiger partial charge in [0.25, 0.3) is 0 Å². The van der Waals surface area contributed by atoms with Gasteiger partial charge in [-0.25, -0.2) is 9.37 Å². The lowest BCUT2D eigenvalue weighted by atomic mass is 9.96. The van der Waals surface area contributed by atoms with Crippen molar-refractivity contribution in [2.75, 3.05) is 13.1 Å². The zero-order chi connectivity index (χ0) is 19.5. The van der Waals surface area contributed by atoms with E-state index in [1.54, 1.807) is 12.1 Å². The van der Waals surface area contributed by atoms with Crippen LogP contribution >= 0.6 is 0 Å². The zero-order valence-electron chi connectivity index (χ0n) is 15.7. The minimum absolute atomic E-state index is 0.0275. The summed E-state index contributed by atoms with van der Waals surface area (Å²) >= 11 is 0. The maximum Gasteiger partial charge on any atom is 0.246 e. The predicted molar refractivity (Wildman–Crippen MR) is 99.7 cm³/mol. The number of halogens is 1. The molecular formula is C19H22FN7O. The average molecular weight is 383 g/mol. The smallest absolute Gasteiger partial charge is 0.246 e. The summed E-state index contributed by atoms with van der Waals surface area (Å²) in [5.74, 6) is 1.51. The van der Waals surface area contributed by atoms with E-state index in [9.17, 15) is 9.18 Å². The molecule has 1 aromatic carbocycles. The Hall–Kier alpha value is -3.10. The highest BCUT2D eigenvalue weighted by atomic mass is 19.1. The normalized spacial score (nSPS) is 15.1. The van der Waals surface area contributed by atoms with Gasteiger partial charge in [-0.05, 0) is 49.2 Å². The second-order valence-corrected chi connectivity index (χ2v) is 6.88. The lowest BCUT2D eigenvalue weighted by Gasteiger charge is -2.31. The third kappa shape index (κ3) is 3.78. The van der Waals surface area contributed by atoms with Crippen LogP contribution in [-0.2, 0) is 17.9 Å². The van der Waals surface area contributed by atoms with Gasteiger partial charge in [0.2, 0.25) is 11.7 Å². The summed E-state index contributed by atoms with van der Waals surface area (Å²) < 4.78 is 15.2. The van der Waals surface area contributed by atoms with Gasteiger partial charge in [0.15, 0.2) is 0 Å². The second-order valence-electron chi connectivity index (χ2n) is 6.88. The topological polar surface area (TPSA) is 81.7 Å². The summed E-state index contributed by atoms with van der Waals surface area (Å²) in [4.78, 5) is 20.2. The van der Waals surface area contributed by atoms with E-state index < -0.39 is 0 Å². The number of aryl methyl sites for hydroxylation is 1. The number of aromatic nitrogens is 6. The Morgan fingerprint density at radius 2 is 1.96 bits per heavy atom. The molecule has 4 rings (SSSR count). The van der Waals surface area contributed by atoms with Crippen LogP contribution in [0.5, 0.6) is 0 Å². The van der Waals surface area contributed by atoms with Crippen LogP contribution in [0.25, 0.3) is 11.4 Å². The van der Waals surface area contributed by atoms with Crippen molar-refractivity contribution in [3.05, 3.63) is 48.3 Å². The van der Waals surface area contributed by atoms with Crippen molar-refractivity contribution in [3.8, 4) is 11.4 Å². The molecule has 0 bridgehead atoms. The SMILES string of the molecule is CCn1ccnc1C1CCN(C(=O)Cn2nnc(-c3ccc(F)cc3)n2)CC1. The van der Waals surface area contributed by atoms with Crippen LogP contribution < -0.4 is 0 Å². The number of likely N-dealkylation sites (tertiary alicyclic amines) is 1. The van der Waals surface area contributed by atoms with E-state index >= 15 is 0 Å². The maximum atomic E-state index is 13.0. The summed E-state index contributed by atoms with van der Waals surface area (Å²) in [5.41, 5.74) is 0.660. The molecule has 1 aliphatic rings. The molecule has 0 atom stereocenters. The molecule has 3 aromatic rings. The Labute approximate surface area is 162 Å². The Kier molecular flexibility index (Phi) is 5.14. The van der Waals surface area contributed by atoms with Crippen molar-refractivity contribution in [2.45, 2.75) is 38.8 Å². The number of tetrazole rings is 1. The fraction of sp³-hybridized carbons (Fsp3) is 0.421. The summed E-state index contributed by atoms with van der Waals surface area (Å²) in [6.45, 7) is 4.44. The molecule has 0 aliphatic carbocycles. The largest absolute Gasteiger partial charge is 0.341 e. The lowest BCUT2D eigenvalue weighted by Crippen LogP contribution is -2.40. The van der Waals surface area contributed by atoms with Crippen molar-refractivity contribution in [1.29, 1.82) is 0 Å². The standard InChI is InChI=1S/C19H22FN7O/c1-2-25-12-9-21-19(25)15-7-10-26(11-8-15)17(28)13-27-23-18(22-24-27)14-3-5-16(20)6-4-14/h3-6,9,12,15H,2,7-8,10-11,13H2,1H3. The molecule has 1 saturated heterocycles. The molecule has 0 N–H and O–H groups in total. The van der Waals surface area contributed by atoms with Gasteiger partial charge < -0.3 is 9.47 Å². The van der Waals surface area contributed by atoms with Crippen LogP contribution in [0, 0.1) is 5.82 Å². The zero-order valence-corrected chi connectivity index (χ0v) is 15.7. The number of rotatable bonds is 5. The Morgan fingerprint density at radius 3 is 2.68 bits per heavy atom. The number of amides is 1. The van der Waals surface area contributed by atoms with Crippen molar-refractivity contribution in [3.63, 3.8) is 0 Å². The van der Waals surface area contributed by atoms with Crippen molar-refractivity contribution < 1.29 is 9.18 Å². The number of piperidine rings is 1. The molecule has 0 saturated carbocycles. The van der Waals surface area contributed by atoms with E-state index in [0.29, 0.717) is 30.4 Å². The van der Waals surface area contributed by atoms with Crippen molar-refractivity contribution in [1.82, 2.24) is 34.7 Å². The minimum atomic E-state index is -0.323. The van der Waals surface area contributed by atoms with Gasteiger partial charge in [0, 0.05) is 43.5 Å². The third-order valence-electron chi connectivity index (χ3n) is 5.13. The molecule has 146 valence electrons. The Morgan fingerprint density at radius 1 is 1.21 bits per heavy atom. The maximum absolute atomic E-state index is 13.0. The van der Waals surface area contributed by atoms with Crippen molar-refractivity contribution in [2.24, 2.45) is 0 Å².